The Kier molecular flexibility index (Phi) is 13.6. The maximum atomic E-state index is 13.4. The van der Waals surface area contributed by atoms with Crippen molar-refractivity contribution in [2.24, 2.45) is 23.2 Å². The molecule has 0 aliphatic heterocycles. The maximum absolute atomic E-state index is 13.4. The zero-order chi connectivity index (χ0) is 30.8. The van der Waals surface area contributed by atoms with E-state index in [1.165, 1.54) is 12.8 Å². The number of unbranched alkanes of at least 4 members (excludes halogenated alkanes) is 3. The number of nitrogens with one attached hydrogen (secondary N) is 2. The highest BCUT2D eigenvalue weighted by Gasteiger charge is 2.50. The van der Waals surface area contributed by atoms with Crippen LogP contribution in [0, 0.1) is 23.2 Å². The molecule has 240 valence electrons. The molecule has 3 rings (SSSR count). The Labute approximate surface area is 253 Å². The fraction of sp³-hybridized carbons (Fsp3) is 0.882. The van der Waals surface area contributed by atoms with Crippen LogP contribution < -0.4 is 10.6 Å². The minimum absolute atomic E-state index is 0.0223. The van der Waals surface area contributed by atoms with Gasteiger partial charge in [0.05, 0.1) is 12.2 Å². The van der Waals surface area contributed by atoms with Gasteiger partial charge >= 0.3 is 0 Å². The SMILES string of the molecule is CCC(CC)(C(=O)[C@H](O)[C@@H](O)C(=O)NCNC(CC)(C(=O)CCCCCCC(=O)C1CCCC1)C1CC1)C1CCCC1. The number of hydrogen-bond acceptors (Lipinski definition) is 7. The molecule has 0 spiro atoms. The van der Waals surface area contributed by atoms with Gasteiger partial charge in [0.15, 0.2) is 17.7 Å². The average Bonchev–Trinajstić information content (AvgIpc) is 3.44. The van der Waals surface area contributed by atoms with E-state index in [0.717, 1.165) is 77.0 Å². The second kappa shape index (κ2) is 16.4. The van der Waals surface area contributed by atoms with Crippen molar-refractivity contribution in [3.05, 3.63) is 0 Å². The summed E-state index contributed by atoms with van der Waals surface area (Å²) in [6, 6.07) is 0. The van der Waals surface area contributed by atoms with E-state index in [1.54, 1.807) is 0 Å². The van der Waals surface area contributed by atoms with Gasteiger partial charge in [-0.1, -0.05) is 59.3 Å². The number of carbonyl (C=O) groups is 4. The zero-order valence-corrected chi connectivity index (χ0v) is 26.6. The Morgan fingerprint density at radius 2 is 1.29 bits per heavy atom. The smallest absolute Gasteiger partial charge is 0.253 e. The molecular formula is C34H58N2O6. The molecule has 0 radical (unpaired) electrons. The van der Waals surface area contributed by atoms with E-state index in [2.05, 4.69) is 10.6 Å². The molecule has 3 fully saturated rings. The van der Waals surface area contributed by atoms with Gasteiger partial charge in [0, 0.05) is 24.2 Å². The molecule has 3 atom stereocenters. The lowest BCUT2D eigenvalue weighted by Gasteiger charge is -2.38. The maximum Gasteiger partial charge on any atom is 0.253 e. The molecule has 0 aromatic rings. The van der Waals surface area contributed by atoms with Gasteiger partial charge in [0.25, 0.3) is 5.91 Å². The van der Waals surface area contributed by atoms with Crippen molar-refractivity contribution in [2.75, 3.05) is 6.67 Å². The molecule has 8 nitrogen and oxygen atoms in total. The van der Waals surface area contributed by atoms with E-state index in [-0.39, 0.29) is 30.2 Å². The molecule has 8 heteroatoms. The van der Waals surface area contributed by atoms with Crippen LogP contribution >= 0.6 is 0 Å². The number of hydrogen-bond donors (Lipinski definition) is 4. The van der Waals surface area contributed by atoms with Crippen LogP contribution in [0.3, 0.4) is 0 Å². The third kappa shape index (κ3) is 8.29. The lowest BCUT2D eigenvalue weighted by Crippen LogP contribution is -2.58. The summed E-state index contributed by atoms with van der Waals surface area (Å²) < 4.78 is 0. The van der Waals surface area contributed by atoms with Gasteiger partial charge in [-0.25, -0.2) is 0 Å². The minimum atomic E-state index is -1.86. The number of aliphatic hydroxyl groups excluding tert-OH is 2. The van der Waals surface area contributed by atoms with Crippen LogP contribution in [-0.2, 0) is 19.2 Å². The van der Waals surface area contributed by atoms with Crippen LogP contribution in [0.25, 0.3) is 0 Å². The summed E-state index contributed by atoms with van der Waals surface area (Å²) in [7, 11) is 0. The minimum Gasteiger partial charge on any atom is -0.382 e. The topological polar surface area (TPSA) is 133 Å². The first-order chi connectivity index (χ1) is 20.2. The standard InChI is InChI=1S/C34H58N2O6/c1-4-33(5-2,25-17-13-14-18-25)31(41)29(39)30(40)32(42)35-23-36-34(6-3,26-21-22-26)28(38)20-10-8-7-9-19-27(37)24-15-11-12-16-24/h24-26,29-30,36,39-40H,4-23H2,1-3H3,(H,35,42)/t29-,30-,34?/m1/s1. The first-order valence-electron chi connectivity index (χ1n) is 17.2. The Balaban J connectivity index is 1.45. The van der Waals surface area contributed by atoms with Crippen molar-refractivity contribution < 1.29 is 29.4 Å². The molecule has 0 saturated heterocycles. The molecule has 0 bridgehead atoms. The van der Waals surface area contributed by atoms with Gasteiger partial charge in [-0.2, -0.15) is 0 Å². The molecule has 4 N–H and O–H groups in total. The summed E-state index contributed by atoms with van der Waals surface area (Å²) in [5.74, 6) is -0.0174. The summed E-state index contributed by atoms with van der Waals surface area (Å²) in [5, 5.41) is 27.4. The second-order valence-electron chi connectivity index (χ2n) is 13.4. The van der Waals surface area contributed by atoms with Gasteiger partial charge in [0.2, 0.25) is 0 Å². The number of aliphatic hydroxyl groups is 2. The highest BCUT2D eigenvalue weighted by molar-refractivity contribution is 5.95. The third-order valence-corrected chi connectivity index (χ3v) is 11.1. The lowest BCUT2D eigenvalue weighted by atomic mass is 9.65. The Bertz CT molecular complexity index is 902. The molecule has 42 heavy (non-hydrogen) atoms. The molecule has 1 amide bonds. The van der Waals surface area contributed by atoms with Crippen molar-refractivity contribution in [1.29, 1.82) is 0 Å². The van der Waals surface area contributed by atoms with Gasteiger partial charge in [0.1, 0.15) is 11.9 Å². The molecule has 0 aromatic carbocycles. The summed E-state index contributed by atoms with van der Waals surface area (Å²) in [6.45, 7) is 5.85. The van der Waals surface area contributed by atoms with E-state index in [4.69, 9.17) is 0 Å². The van der Waals surface area contributed by atoms with Gasteiger partial charge in [-0.15, -0.1) is 0 Å². The van der Waals surface area contributed by atoms with Crippen LogP contribution in [-0.4, -0.2) is 57.9 Å². The largest absolute Gasteiger partial charge is 0.382 e. The number of ketones is 3. The zero-order valence-electron chi connectivity index (χ0n) is 26.6. The van der Waals surface area contributed by atoms with Crippen molar-refractivity contribution in [3.63, 3.8) is 0 Å². The van der Waals surface area contributed by atoms with Crippen molar-refractivity contribution >= 4 is 23.3 Å². The van der Waals surface area contributed by atoms with E-state index in [9.17, 15) is 29.4 Å². The first kappa shape index (κ1) is 34.8. The quantitative estimate of drug-likeness (QED) is 0.107. The van der Waals surface area contributed by atoms with Crippen LogP contribution in [0.2, 0.25) is 0 Å². The Morgan fingerprint density at radius 1 is 0.714 bits per heavy atom. The van der Waals surface area contributed by atoms with Gasteiger partial charge in [-0.05, 0) is 82.5 Å². The molecule has 3 saturated carbocycles. The van der Waals surface area contributed by atoms with Crippen molar-refractivity contribution in [3.8, 4) is 0 Å². The molecule has 0 aromatic heterocycles. The van der Waals surface area contributed by atoms with Crippen LogP contribution in [0.4, 0.5) is 0 Å². The number of carbonyl (C=O) groups excluding carboxylic acids is 4. The van der Waals surface area contributed by atoms with E-state index in [1.807, 2.05) is 20.8 Å². The Morgan fingerprint density at radius 3 is 1.83 bits per heavy atom. The van der Waals surface area contributed by atoms with E-state index < -0.39 is 34.9 Å². The predicted octanol–water partition coefficient (Wildman–Crippen LogP) is 5.17. The predicted molar refractivity (Wildman–Crippen MR) is 164 cm³/mol. The monoisotopic (exact) mass is 590 g/mol. The summed E-state index contributed by atoms with van der Waals surface area (Å²) >= 11 is 0. The normalized spacial score (nSPS) is 21.2. The average molecular weight is 591 g/mol. The third-order valence-electron chi connectivity index (χ3n) is 11.1. The molecule has 3 aliphatic carbocycles. The highest BCUT2D eigenvalue weighted by Crippen LogP contribution is 2.46. The molecular weight excluding hydrogens is 532 g/mol. The van der Waals surface area contributed by atoms with E-state index >= 15 is 0 Å². The molecule has 3 aliphatic rings. The highest BCUT2D eigenvalue weighted by atomic mass is 16.3. The van der Waals surface area contributed by atoms with Crippen molar-refractivity contribution in [1.82, 2.24) is 10.6 Å². The van der Waals surface area contributed by atoms with E-state index in [0.29, 0.717) is 37.9 Å². The van der Waals surface area contributed by atoms with Crippen LogP contribution in [0.15, 0.2) is 0 Å². The Hall–Kier alpha value is -1.64. The molecule has 1 unspecified atom stereocenters. The summed E-state index contributed by atoms with van der Waals surface area (Å²) in [5.41, 5.74) is -1.45. The second-order valence-corrected chi connectivity index (χ2v) is 13.4. The fourth-order valence-electron chi connectivity index (χ4n) is 8.10. The van der Waals surface area contributed by atoms with Crippen LogP contribution in [0.5, 0.6) is 0 Å². The summed E-state index contributed by atoms with van der Waals surface area (Å²) in [6.07, 6.45) is 13.1. The number of amides is 1. The number of Topliss-reactive ketones (excluding diaryl/α,β-unsaturated/α-hetero) is 3. The van der Waals surface area contributed by atoms with Gasteiger partial charge in [-0.3, -0.25) is 24.5 Å². The lowest BCUT2D eigenvalue weighted by molar-refractivity contribution is -0.154. The summed E-state index contributed by atoms with van der Waals surface area (Å²) in [4.78, 5) is 52.0. The number of rotatable bonds is 21. The first-order valence-corrected chi connectivity index (χ1v) is 17.2. The van der Waals surface area contributed by atoms with Gasteiger partial charge < -0.3 is 15.5 Å². The van der Waals surface area contributed by atoms with Crippen LogP contribution in [0.1, 0.15) is 143 Å². The van der Waals surface area contributed by atoms with Crippen molar-refractivity contribution in [2.45, 2.75) is 161 Å². The molecule has 0 heterocycles. The fourth-order valence-corrected chi connectivity index (χ4v) is 8.10.